The van der Waals surface area contributed by atoms with E-state index in [1.165, 1.54) is 11.8 Å². The number of anilines is 1. The predicted molar refractivity (Wildman–Crippen MR) is 145 cm³/mol. The number of aryl methyl sites for hydroxylation is 1. The lowest BCUT2D eigenvalue weighted by Gasteiger charge is -2.42. The van der Waals surface area contributed by atoms with Crippen molar-refractivity contribution in [1.82, 2.24) is 29.9 Å². The number of H-pyrrole nitrogens is 1. The maximum Gasteiger partial charge on any atom is 0.451 e. The second kappa shape index (κ2) is 10.6. The number of piperazine rings is 1. The van der Waals surface area contributed by atoms with Gasteiger partial charge in [0.15, 0.2) is 0 Å². The molecule has 2 aromatic heterocycles. The summed E-state index contributed by atoms with van der Waals surface area (Å²) in [6, 6.07) is 16.8. The Balaban J connectivity index is 1.25. The van der Waals surface area contributed by atoms with E-state index in [4.69, 9.17) is 5.10 Å². The van der Waals surface area contributed by atoms with Gasteiger partial charge in [0.05, 0.1) is 29.7 Å². The van der Waals surface area contributed by atoms with Crippen LogP contribution >= 0.6 is 0 Å². The fourth-order valence-electron chi connectivity index (χ4n) is 5.79. The fourth-order valence-corrected chi connectivity index (χ4v) is 5.79. The molecule has 3 heterocycles. The number of carbonyl (C=O) groups excluding carboxylic acids is 1. The number of hydrogen-bond donors (Lipinski definition) is 1. The summed E-state index contributed by atoms with van der Waals surface area (Å²) >= 11 is 0. The highest BCUT2D eigenvalue weighted by molar-refractivity contribution is 5.86. The molecule has 1 aliphatic carbocycles. The minimum atomic E-state index is -4.64. The molecule has 6 rings (SSSR count). The van der Waals surface area contributed by atoms with Gasteiger partial charge in [0.1, 0.15) is 5.82 Å². The van der Waals surface area contributed by atoms with Crippen molar-refractivity contribution in [3.8, 4) is 0 Å². The summed E-state index contributed by atoms with van der Waals surface area (Å²) in [7, 11) is 0. The first-order valence-electron chi connectivity index (χ1n) is 13.9. The quantitative estimate of drug-likeness (QED) is 0.351. The maximum atomic E-state index is 13.4. The van der Waals surface area contributed by atoms with Gasteiger partial charge >= 0.3 is 6.18 Å². The number of aromatic nitrogens is 5. The topological polar surface area (TPSA) is 82.9 Å². The Hall–Kier alpha value is -3.89. The van der Waals surface area contributed by atoms with Crippen molar-refractivity contribution in [3.63, 3.8) is 0 Å². The van der Waals surface area contributed by atoms with Gasteiger partial charge in [-0.2, -0.15) is 18.3 Å². The number of amides is 1. The Morgan fingerprint density at radius 3 is 2.55 bits per heavy atom. The number of alkyl halides is 3. The SMILES string of the molecule is CCc1nn(C2CCC2)c2cc(N3CCN(C(=O)Cc4nnc(C(F)(F)F)[nH]4)[C@@H](Cc4ccccc4)C3)ccc12. The van der Waals surface area contributed by atoms with Crippen LogP contribution in [0.4, 0.5) is 18.9 Å². The van der Waals surface area contributed by atoms with E-state index in [0.717, 1.165) is 41.7 Å². The van der Waals surface area contributed by atoms with Crippen LogP contribution in [0.5, 0.6) is 0 Å². The molecule has 2 fully saturated rings. The van der Waals surface area contributed by atoms with E-state index >= 15 is 0 Å². The summed E-state index contributed by atoms with van der Waals surface area (Å²) < 4.78 is 41.1. The van der Waals surface area contributed by atoms with E-state index in [1.54, 1.807) is 4.90 Å². The number of fused-ring (bicyclic) bond motifs is 1. The van der Waals surface area contributed by atoms with Gasteiger partial charge < -0.3 is 14.8 Å². The van der Waals surface area contributed by atoms with Crippen LogP contribution < -0.4 is 4.90 Å². The lowest BCUT2D eigenvalue weighted by molar-refractivity contribution is -0.145. The molecule has 1 saturated carbocycles. The first-order valence-corrected chi connectivity index (χ1v) is 13.9. The van der Waals surface area contributed by atoms with Gasteiger partial charge in [-0.25, -0.2) is 0 Å². The summed E-state index contributed by atoms with van der Waals surface area (Å²) in [6.07, 6.45) is 0.152. The molecule has 2 aliphatic rings. The van der Waals surface area contributed by atoms with Crippen molar-refractivity contribution >= 4 is 22.5 Å². The summed E-state index contributed by atoms with van der Waals surface area (Å²) in [6.45, 7) is 3.81. The molecule has 40 heavy (non-hydrogen) atoms. The van der Waals surface area contributed by atoms with E-state index in [9.17, 15) is 18.0 Å². The van der Waals surface area contributed by atoms with Crippen molar-refractivity contribution < 1.29 is 18.0 Å². The van der Waals surface area contributed by atoms with Crippen molar-refractivity contribution in [2.45, 2.75) is 63.7 Å². The van der Waals surface area contributed by atoms with Crippen LogP contribution in [0.25, 0.3) is 10.9 Å². The number of nitrogens with zero attached hydrogens (tertiary/aromatic N) is 6. The monoisotopic (exact) mass is 551 g/mol. The van der Waals surface area contributed by atoms with E-state index in [-0.39, 0.29) is 24.2 Å². The van der Waals surface area contributed by atoms with E-state index in [0.29, 0.717) is 32.1 Å². The molecule has 1 aliphatic heterocycles. The van der Waals surface area contributed by atoms with Gasteiger partial charge in [-0.05, 0) is 55.9 Å². The molecule has 210 valence electrons. The number of aromatic amines is 1. The predicted octanol–water partition coefficient (Wildman–Crippen LogP) is 4.96. The van der Waals surface area contributed by atoms with E-state index < -0.39 is 12.0 Å². The molecule has 0 unspecified atom stereocenters. The van der Waals surface area contributed by atoms with Crippen LogP contribution in [0.2, 0.25) is 0 Å². The van der Waals surface area contributed by atoms with Crippen molar-refractivity contribution in [1.29, 1.82) is 0 Å². The molecular weight excluding hydrogens is 519 g/mol. The summed E-state index contributed by atoms with van der Waals surface area (Å²) in [5, 5.41) is 12.9. The minimum Gasteiger partial charge on any atom is -0.368 e. The molecule has 0 bridgehead atoms. The second-order valence-corrected chi connectivity index (χ2v) is 10.7. The van der Waals surface area contributed by atoms with Crippen LogP contribution in [0, 0.1) is 0 Å². The van der Waals surface area contributed by atoms with Gasteiger partial charge in [0.2, 0.25) is 11.7 Å². The second-order valence-electron chi connectivity index (χ2n) is 10.7. The summed E-state index contributed by atoms with van der Waals surface area (Å²) in [5.41, 5.74) is 4.46. The molecule has 1 atom stereocenters. The Morgan fingerprint density at radius 1 is 1.07 bits per heavy atom. The highest BCUT2D eigenvalue weighted by Gasteiger charge is 2.36. The number of nitrogens with one attached hydrogen (secondary N) is 1. The van der Waals surface area contributed by atoms with Gasteiger partial charge in [0, 0.05) is 30.7 Å². The highest BCUT2D eigenvalue weighted by Crippen LogP contribution is 2.36. The molecule has 8 nitrogen and oxygen atoms in total. The first kappa shape index (κ1) is 26.3. The third-order valence-corrected chi connectivity index (χ3v) is 8.13. The smallest absolute Gasteiger partial charge is 0.368 e. The van der Waals surface area contributed by atoms with Crippen LogP contribution in [0.1, 0.15) is 55.1 Å². The number of hydrogen-bond acceptors (Lipinski definition) is 5. The Labute approximate surface area is 230 Å². The largest absolute Gasteiger partial charge is 0.451 e. The normalized spacial score (nSPS) is 18.4. The van der Waals surface area contributed by atoms with Crippen molar-refractivity contribution in [2.75, 3.05) is 24.5 Å². The van der Waals surface area contributed by atoms with Crippen molar-refractivity contribution in [2.24, 2.45) is 0 Å². The average molecular weight is 552 g/mol. The zero-order valence-corrected chi connectivity index (χ0v) is 22.4. The number of rotatable bonds is 7. The Bertz CT molecular complexity index is 1490. The highest BCUT2D eigenvalue weighted by atomic mass is 19.4. The number of benzene rings is 2. The lowest BCUT2D eigenvalue weighted by atomic mass is 9.93. The molecule has 1 N–H and O–H groups in total. The Morgan fingerprint density at radius 2 is 1.88 bits per heavy atom. The summed E-state index contributed by atoms with van der Waals surface area (Å²) in [5.74, 6) is -1.54. The number of halogens is 3. The molecule has 1 amide bonds. The minimum absolute atomic E-state index is 0.0837. The van der Waals surface area contributed by atoms with Crippen molar-refractivity contribution in [3.05, 3.63) is 71.4 Å². The average Bonchev–Trinajstić information content (AvgIpc) is 3.53. The molecule has 2 aromatic carbocycles. The molecular formula is C29H32F3N7O. The molecule has 11 heteroatoms. The molecule has 0 spiro atoms. The summed E-state index contributed by atoms with van der Waals surface area (Å²) in [4.78, 5) is 19.6. The third-order valence-electron chi connectivity index (χ3n) is 8.13. The van der Waals surface area contributed by atoms with Gasteiger partial charge in [-0.15, -0.1) is 10.2 Å². The fraction of sp³-hybridized carbons (Fsp3) is 0.448. The van der Waals surface area contributed by atoms with Crippen LogP contribution in [0.3, 0.4) is 0 Å². The lowest BCUT2D eigenvalue weighted by Crippen LogP contribution is -2.56. The molecule has 4 aromatic rings. The van der Waals surface area contributed by atoms with Gasteiger partial charge in [-0.3, -0.25) is 9.48 Å². The molecule has 0 radical (unpaired) electrons. The number of carbonyl (C=O) groups is 1. The zero-order valence-electron chi connectivity index (χ0n) is 22.4. The standard InChI is InChI=1S/C29H32F3N7O/c1-2-24-23-12-11-21(16-25(23)39(36-24)20-9-6-10-20)37-13-14-38(22(18-37)15-19-7-4-3-5-8-19)27(40)17-26-33-28(35-34-26)29(30,31)32/h3-5,7-8,11-12,16,20,22H,2,6,9-10,13-15,17-18H2,1H3,(H,33,34,35)/t22-/m0/s1. The van der Waals surface area contributed by atoms with Crippen LogP contribution in [0.15, 0.2) is 48.5 Å². The zero-order chi connectivity index (χ0) is 27.9. The third kappa shape index (κ3) is 5.16. The van der Waals surface area contributed by atoms with Crippen LogP contribution in [-0.4, -0.2) is 61.4 Å². The maximum absolute atomic E-state index is 13.4. The van der Waals surface area contributed by atoms with Gasteiger partial charge in [-0.1, -0.05) is 37.3 Å². The van der Waals surface area contributed by atoms with Gasteiger partial charge in [0.25, 0.3) is 0 Å². The Kier molecular flexibility index (Phi) is 6.97. The van der Waals surface area contributed by atoms with Crippen LogP contribution in [-0.2, 0) is 30.2 Å². The molecule has 1 saturated heterocycles. The first-order chi connectivity index (χ1) is 19.3. The van der Waals surface area contributed by atoms with E-state index in [1.807, 2.05) is 30.3 Å². The van der Waals surface area contributed by atoms with E-state index in [2.05, 4.69) is 49.9 Å².